The second kappa shape index (κ2) is 4.76. The predicted octanol–water partition coefficient (Wildman–Crippen LogP) is 1.57. The van der Waals surface area contributed by atoms with Crippen LogP contribution in [0, 0.1) is 5.92 Å². The third-order valence-corrected chi connectivity index (χ3v) is 4.24. The molecule has 1 aromatic heterocycles. The molecule has 1 fully saturated rings. The first-order valence-electron chi connectivity index (χ1n) is 5.86. The van der Waals surface area contributed by atoms with E-state index in [1.807, 2.05) is 4.57 Å². The van der Waals surface area contributed by atoms with Gasteiger partial charge in [-0.25, -0.2) is 0 Å². The van der Waals surface area contributed by atoms with E-state index in [4.69, 9.17) is 5.11 Å². The molecule has 0 unspecified atom stereocenters. The Hall–Kier alpha value is -1.30. The Bertz CT molecular complexity index is 520. The van der Waals surface area contributed by atoms with Crippen molar-refractivity contribution in [2.24, 2.45) is 5.92 Å². The first kappa shape index (κ1) is 13.1. The highest BCUT2D eigenvalue weighted by Crippen LogP contribution is 2.44. The standard InChI is InChI=1S/C12H16N2O3S/c1-12(2,8-3-4-8)14-6-5-9(15)13-11(14)18-7-10(16)17/h5-6,8H,3-4,7H2,1-2H3,(H,16,17). The average molecular weight is 268 g/mol. The zero-order chi connectivity index (χ0) is 13.3. The third-order valence-electron chi connectivity index (χ3n) is 3.30. The molecule has 0 saturated heterocycles. The fraction of sp³-hybridized carbons (Fsp3) is 0.583. The minimum Gasteiger partial charge on any atom is -0.481 e. The quantitative estimate of drug-likeness (QED) is 0.648. The number of carboxylic acid groups (broad SMARTS) is 1. The number of thioether (sulfide) groups is 1. The number of carboxylic acids is 1. The predicted molar refractivity (Wildman–Crippen MR) is 68.9 cm³/mol. The molecule has 1 heterocycles. The smallest absolute Gasteiger partial charge is 0.313 e. The van der Waals surface area contributed by atoms with Crippen molar-refractivity contribution in [2.45, 2.75) is 37.4 Å². The maximum absolute atomic E-state index is 11.3. The van der Waals surface area contributed by atoms with Crippen molar-refractivity contribution in [3.63, 3.8) is 0 Å². The highest BCUT2D eigenvalue weighted by atomic mass is 32.2. The van der Waals surface area contributed by atoms with E-state index in [-0.39, 0.29) is 16.9 Å². The molecule has 1 aliphatic rings. The van der Waals surface area contributed by atoms with Crippen LogP contribution in [0.1, 0.15) is 26.7 Å². The first-order valence-corrected chi connectivity index (χ1v) is 6.84. The fourth-order valence-corrected chi connectivity index (χ4v) is 2.88. The minimum atomic E-state index is -0.908. The number of nitrogens with zero attached hydrogens (tertiary/aromatic N) is 2. The van der Waals surface area contributed by atoms with Crippen LogP contribution in [0.4, 0.5) is 0 Å². The summed E-state index contributed by atoms with van der Waals surface area (Å²) in [6.07, 6.45) is 4.06. The number of rotatable bonds is 5. The van der Waals surface area contributed by atoms with Crippen LogP contribution in [0.3, 0.4) is 0 Å². The van der Waals surface area contributed by atoms with Gasteiger partial charge in [0.15, 0.2) is 5.16 Å². The van der Waals surface area contributed by atoms with E-state index in [0.717, 1.165) is 11.8 Å². The summed E-state index contributed by atoms with van der Waals surface area (Å²) in [4.78, 5) is 25.9. The maximum atomic E-state index is 11.3. The topological polar surface area (TPSA) is 72.2 Å². The number of aliphatic carboxylic acids is 1. The molecule has 1 saturated carbocycles. The normalized spacial score (nSPS) is 15.7. The molecule has 0 aliphatic heterocycles. The van der Waals surface area contributed by atoms with Crippen molar-refractivity contribution in [1.29, 1.82) is 0 Å². The van der Waals surface area contributed by atoms with Gasteiger partial charge in [-0.1, -0.05) is 11.8 Å². The molecule has 0 aromatic carbocycles. The molecule has 0 amide bonds. The van der Waals surface area contributed by atoms with Gasteiger partial charge in [-0.15, -0.1) is 0 Å². The van der Waals surface area contributed by atoms with Gasteiger partial charge in [-0.05, 0) is 32.6 Å². The van der Waals surface area contributed by atoms with E-state index in [1.165, 1.54) is 18.9 Å². The second-order valence-corrected chi connectivity index (χ2v) is 5.97. The number of hydrogen-bond acceptors (Lipinski definition) is 4. The Morgan fingerprint density at radius 3 is 2.83 bits per heavy atom. The van der Waals surface area contributed by atoms with Gasteiger partial charge in [0.1, 0.15) is 0 Å². The van der Waals surface area contributed by atoms with E-state index in [0.29, 0.717) is 11.1 Å². The Kier molecular flexibility index (Phi) is 3.47. The monoisotopic (exact) mass is 268 g/mol. The van der Waals surface area contributed by atoms with E-state index in [9.17, 15) is 9.59 Å². The molecule has 18 heavy (non-hydrogen) atoms. The van der Waals surface area contributed by atoms with Gasteiger partial charge in [-0.2, -0.15) is 4.98 Å². The van der Waals surface area contributed by atoms with Gasteiger partial charge in [0.25, 0.3) is 5.56 Å². The summed E-state index contributed by atoms with van der Waals surface area (Å²) in [7, 11) is 0. The minimum absolute atomic E-state index is 0.0861. The Morgan fingerprint density at radius 2 is 2.28 bits per heavy atom. The number of aromatic nitrogens is 2. The molecule has 5 nitrogen and oxygen atoms in total. The van der Waals surface area contributed by atoms with Gasteiger partial charge in [0.05, 0.1) is 5.75 Å². The van der Waals surface area contributed by atoms with Gasteiger partial charge in [0.2, 0.25) is 0 Å². The molecule has 0 atom stereocenters. The Morgan fingerprint density at radius 1 is 1.61 bits per heavy atom. The molecule has 1 N–H and O–H groups in total. The van der Waals surface area contributed by atoms with Crippen LogP contribution in [0.5, 0.6) is 0 Å². The molecule has 0 radical (unpaired) electrons. The van der Waals surface area contributed by atoms with Gasteiger partial charge in [-0.3, -0.25) is 9.59 Å². The van der Waals surface area contributed by atoms with Crippen LogP contribution in [-0.2, 0) is 10.3 Å². The van der Waals surface area contributed by atoms with Crippen molar-refractivity contribution in [3.05, 3.63) is 22.6 Å². The summed E-state index contributed by atoms with van der Waals surface area (Å²) in [5, 5.41) is 9.21. The lowest BCUT2D eigenvalue weighted by Gasteiger charge is -2.30. The Balaban J connectivity index is 2.33. The first-order chi connectivity index (χ1) is 8.41. The summed E-state index contributed by atoms with van der Waals surface area (Å²) in [5.74, 6) is -0.420. The Labute approximate surface area is 109 Å². The summed E-state index contributed by atoms with van der Waals surface area (Å²) in [6, 6.07) is 1.43. The molecule has 98 valence electrons. The summed E-state index contributed by atoms with van der Waals surface area (Å²) in [6.45, 7) is 4.20. The average Bonchev–Trinajstić information content (AvgIpc) is 3.09. The van der Waals surface area contributed by atoms with Crippen LogP contribution in [0.25, 0.3) is 0 Å². The van der Waals surface area contributed by atoms with Crippen LogP contribution < -0.4 is 5.56 Å². The zero-order valence-electron chi connectivity index (χ0n) is 10.4. The van der Waals surface area contributed by atoms with Crippen molar-refractivity contribution in [2.75, 3.05) is 5.75 Å². The summed E-state index contributed by atoms with van der Waals surface area (Å²) >= 11 is 1.09. The molecule has 2 rings (SSSR count). The van der Waals surface area contributed by atoms with Crippen molar-refractivity contribution < 1.29 is 9.90 Å². The van der Waals surface area contributed by atoms with E-state index in [1.54, 1.807) is 6.20 Å². The van der Waals surface area contributed by atoms with Crippen LogP contribution >= 0.6 is 11.8 Å². The third kappa shape index (κ3) is 2.75. The molecule has 1 aliphatic carbocycles. The molecule has 6 heteroatoms. The fourth-order valence-electron chi connectivity index (χ4n) is 2.04. The number of hydrogen-bond donors (Lipinski definition) is 1. The SMILES string of the molecule is CC(C)(C1CC1)n1ccc(=O)nc1SCC(=O)O. The highest BCUT2D eigenvalue weighted by Gasteiger charge is 2.39. The molecule has 0 spiro atoms. The van der Waals surface area contributed by atoms with Crippen molar-refractivity contribution in [3.8, 4) is 0 Å². The molecular weight excluding hydrogens is 252 g/mol. The zero-order valence-corrected chi connectivity index (χ0v) is 11.2. The van der Waals surface area contributed by atoms with Crippen LogP contribution in [-0.4, -0.2) is 26.4 Å². The van der Waals surface area contributed by atoms with Crippen molar-refractivity contribution >= 4 is 17.7 Å². The van der Waals surface area contributed by atoms with Gasteiger partial charge in [0, 0.05) is 17.8 Å². The molecule has 0 bridgehead atoms. The lowest BCUT2D eigenvalue weighted by molar-refractivity contribution is -0.133. The van der Waals surface area contributed by atoms with Crippen LogP contribution in [0.2, 0.25) is 0 Å². The molecule has 1 aromatic rings. The van der Waals surface area contributed by atoms with Gasteiger partial charge >= 0.3 is 5.97 Å². The lowest BCUT2D eigenvalue weighted by Crippen LogP contribution is -2.32. The summed E-state index contributed by atoms with van der Waals surface area (Å²) in [5.41, 5.74) is -0.451. The maximum Gasteiger partial charge on any atom is 0.313 e. The van der Waals surface area contributed by atoms with E-state index < -0.39 is 5.97 Å². The van der Waals surface area contributed by atoms with E-state index >= 15 is 0 Å². The molecular formula is C12H16N2O3S. The second-order valence-electron chi connectivity index (χ2n) is 5.03. The van der Waals surface area contributed by atoms with Gasteiger partial charge < -0.3 is 9.67 Å². The lowest BCUT2D eigenvalue weighted by atomic mass is 9.98. The number of carbonyl (C=O) groups is 1. The van der Waals surface area contributed by atoms with E-state index in [2.05, 4.69) is 18.8 Å². The summed E-state index contributed by atoms with van der Waals surface area (Å²) < 4.78 is 1.93. The van der Waals surface area contributed by atoms with Crippen LogP contribution in [0.15, 0.2) is 22.2 Å². The largest absolute Gasteiger partial charge is 0.481 e. The van der Waals surface area contributed by atoms with Crippen molar-refractivity contribution in [1.82, 2.24) is 9.55 Å². The highest BCUT2D eigenvalue weighted by molar-refractivity contribution is 7.99.